The van der Waals surface area contributed by atoms with Crippen molar-refractivity contribution in [3.8, 4) is 0 Å². The molecule has 0 aliphatic carbocycles. The van der Waals surface area contributed by atoms with Crippen molar-refractivity contribution in [2.45, 2.75) is 50.3 Å². The molecule has 0 bridgehead atoms. The lowest BCUT2D eigenvalue weighted by molar-refractivity contribution is -0.136. The standard InChI is InChI=1S/C23H27N3O3S/c1-4-7-21-25-19-9-6-5-8-18(19)22(27)26(21)13-12-24-17-10-11-20(15(2)14-17)30-16(3)23(28)29/h5-6,8-11,14,16,24H,4,7,12-13H2,1-3H3,(H,28,29). The van der Waals surface area contributed by atoms with Crippen LogP contribution in [0.3, 0.4) is 0 Å². The molecule has 3 aromatic rings. The lowest BCUT2D eigenvalue weighted by Gasteiger charge is -2.15. The summed E-state index contributed by atoms with van der Waals surface area (Å²) in [4.78, 5) is 29.7. The second kappa shape index (κ2) is 9.80. The molecule has 0 aliphatic heterocycles. The van der Waals surface area contributed by atoms with E-state index in [0.29, 0.717) is 18.5 Å². The van der Waals surface area contributed by atoms with Crippen molar-refractivity contribution in [1.82, 2.24) is 9.55 Å². The van der Waals surface area contributed by atoms with E-state index in [2.05, 4.69) is 12.2 Å². The summed E-state index contributed by atoms with van der Waals surface area (Å²) in [5.41, 5.74) is 2.71. The summed E-state index contributed by atoms with van der Waals surface area (Å²) in [6, 6.07) is 13.4. The van der Waals surface area contributed by atoms with Gasteiger partial charge in [0.25, 0.3) is 5.56 Å². The van der Waals surface area contributed by atoms with Crippen molar-refractivity contribution in [2.75, 3.05) is 11.9 Å². The molecule has 1 aromatic heterocycles. The van der Waals surface area contributed by atoms with E-state index in [1.54, 1.807) is 11.5 Å². The number of nitrogens with zero attached hydrogens (tertiary/aromatic N) is 2. The zero-order chi connectivity index (χ0) is 21.7. The third-order valence-corrected chi connectivity index (χ3v) is 6.17. The summed E-state index contributed by atoms with van der Waals surface area (Å²) in [7, 11) is 0. The van der Waals surface area contributed by atoms with Gasteiger partial charge < -0.3 is 10.4 Å². The first-order chi connectivity index (χ1) is 14.4. The number of thioether (sulfide) groups is 1. The minimum absolute atomic E-state index is 0.00330. The Bertz CT molecular complexity index is 1110. The second-order valence-corrected chi connectivity index (χ2v) is 8.64. The van der Waals surface area contributed by atoms with E-state index in [1.165, 1.54) is 11.8 Å². The number of benzene rings is 2. The molecule has 1 atom stereocenters. The number of anilines is 1. The van der Waals surface area contributed by atoms with E-state index in [9.17, 15) is 9.59 Å². The van der Waals surface area contributed by atoms with Gasteiger partial charge in [0, 0.05) is 30.1 Å². The minimum atomic E-state index is -0.820. The number of hydrogen-bond acceptors (Lipinski definition) is 5. The van der Waals surface area contributed by atoms with Crippen LogP contribution in [0.5, 0.6) is 0 Å². The Morgan fingerprint density at radius 1 is 1.27 bits per heavy atom. The molecular formula is C23H27N3O3S. The molecule has 7 heteroatoms. The number of aromatic nitrogens is 2. The normalized spacial score (nSPS) is 12.1. The molecule has 0 aliphatic rings. The fraction of sp³-hybridized carbons (Fsp3) is 0.348. The van der Waals surface area contributed by atoms with E-state index < -0.39 is 11.2 Å². The molecule has 2 aromatic carbocycles. The van der Waals surface area contributed by atoms with Crippen molar-refractivity contribution < 1.29 is 9.90 Å². The van der Waals surface area contributed by atoms with Crippen molar-refractivity contribution >= 4 is 34.3 Å². The minimum Gasteiger partial charge on any atom is -0.480 e. The SMILES string of the molecule is CCCc1nc2ccccc2c(=O)n1CCNc1ccc(SC(C)C(=O)O)c(C)c1. The van der Waals surface area contributed by atoms with Crippen LogP contribution in [0.4, 0.5) is 5.69 Å². The van der Waals surface area contributed by atoms with Crippen LogP contribution in [0.2, 0.25) is 0 Å². The van der Waals surface area contributed by atoms with Gasteiger partial charge in [-0.25, -0.2) is 4.98 Å². The first kappa shape index (κ1) is 21.9. The Hall–Kier alpha value is -2.80. The first-order valence-corrected chi connectivity index (χ1v) is 11.0. The molecule has 0 radical (unpaired) electrons. The molecule has 0 saturated carbocycles. The van der Waals surface area contributed by atoms with Crippen LogP contribution < -0.4 is 10.9 Å². The van der Waals surface area contributed by atoms with E-state index >= 15 is 0 Å². The first-order valence-electron chi connectivity index (χ1n) is 10.1. The molecule has 0 amide bonds. The average molecular weight is 426 g/mol. The molecule has 1 unspecified atom stereocenters. The largest absolute Gasteiger partial charge is 0.480 e. The van der Waals surface area contributed by atoms with Gasteiger partial charge in [0.2, 0.25) is 0 Å². The number of carbonyl (C=O) groups is 1. The van der Waals surface area contributed by atoms with Crippen molar-refractivity contribution in [3.05, 3.63) is 64.2 Å². The molecule has 1 heterocycles. The number of aliphatic carboxylic acids is 1. The van der Waals surface area contributed by atoms with Crippen molar-refractivity contribution in [1.29, 1.82) is 0 Å². The van der Waals surface area contributed by atoms with Crippen LogP contribution in [0, 0.1) is 6.92 Å². The Kier molecular flexibility index (Phi) is 7.15. The van der Waals surface area contributed by atoms with Gasteiger partial charge >= 0.3 is 5.97 Å². The van der Waals surface area contributed by atoms with E-state index in [1.807, 2.05) is 49.4 Å². The van der Waals surface area contributed by atoms with Gasteiger partial charge in [0.05, 0.1) is 10.9 Å². The Morgan fingerprint density at radius 2 is 2.03 bits per heavy atom. The number of hydrogen-bond donors (Lipinski definition) is 2. The van der Waals surface area contributed by atoms with E-state index in [4.69, 9.17) is 10.1 Å². The van der Waals surface area contributed by atoms with E-state index in [-0.39, 0.29) is 5.56 Å². The molecule has 158 valence electrons. The topological polar surface area (TPSA) is 84.2 Å². The lowest BCUT2D eigenvalue weighted by atomic mass is 10.2. The second-order valence-electron chi connectivity index (χ2n) is 7.26. The van der Waals surface area contributed by atoms with Crippen molar-refractivity contribution in [3.63, 3.8) is 0 Å². The quantitative estimate of drug-likeness (QED) is 0.496. The number of fused-ring (bicyclic) bond motifs is 1. The third-order valence-electron chi connectivity index (χ3n) is 4.91. The summed E-state index contributed by atoms with van der Waals surface area (Å²) >= 11 is 1.34. The molecule has 30 heavy (non-hydrogen) atoms. The van der Waals surface area contributed by atoms with Gasteiger partial charge in [-0.2, -0.15) is 0 Å². The summed E-state index contributed by atoms with van der Waals surface area (Å²) in [6.07, 6.45) is 1.68. The van der Waals surface area contributed by atoms with Crippen LogP contribution in [-0.4, -0.2) is 32.4 Å². The fourth-order valence-corrected chi connectivity index (χ4v) is 4.18. The van der Waals surface area contributed by atoms with Gasteiger partial charge in [0.1, 0.15) is 11.1 Å². The molecule has 6 nitrogen and oxygen atoms in total. The molecule has 0 fully saturated rings. The Balaban J connectivity index is 1.73. The number of nitrogens with one attached hydrogen (secondary N) is 1. The number of aryl methyl sites for hydroxylation is 2. The number of rotatable bonds is 9. The summed E-state index contributed by atoms with van der Waals surface area (Å²) in [5, 5.41) is 12.6. The van der Waals surface area contributed by atoms with Gasteiger partial charge in [-0.15, -0.1) is 11.8 Å². The Labute approximate surface area is 180 Å². The average Bonchev–Trinajstić information content (AvgIpc) is 2.72. The molecular weight excluding hydrogens is 398 g/mol. The molecule has 2 N–H and O–H groups in total. The third kappa shape index (κ3) is 5.02. The van der Waals surface area contributed by atoms with Gasteiger partial charge in [0.15, 0.2) is 0 Å². The number of carboxylic acids is 1. The summed E-state index contributed by atoms with van der Waals surface area (Å²) in [5.74, 6) is -0.00694. The summed E-state index contributed by atoms with van der Waals surface area (Å²) in [6.45, 7) is 6.85. The van der Waals surface area contributed by atoms with Crippen LogP contribution >= 0.6 is 11.8 Å². The molecule has 0 spiro atoms. The van der Waals surface area contributed by atoms with Gasteiger partial charge in [-0.05, 0) is 56.2 Å². The van der Waals surface area contributed by atoms with Crippen LogP contribution in [-0.2, 0) is 17.8 Å². The van der Waals surface area contributed by atoms with Gasteiger partial charge in [-0.3, -0.25) is 14.2 Å². The Morgan fingerprint density at radius 3 is 2.73 bits per heavy atom. The lowest BCUT2D eigenvalue weighted by Crippen LogP contribution is -2.28. The molecule has 3 rings (SSSR count). The highest BCUT2D eigenvalue weighted by atomic mass is 32.2. The number of carboxylic acid groups (broad SMARTS) is 1. The number of para-hydroxylation sites is 1. The highest BCUT2D eigenvalue weighted by Crippen LogP contribution is 2.28. The highest BCUT2D eigenvalue weighted by molar-refractivity contribution is 8.00. The van der Waals surface area contributed by atoms with E-state index in [0.717, 1.165) is 40.3 Å². The maximum absolute atomic E-state index is 13.0. The maximum Gasteiger partial charge on any atom is 0.316 e. The zero-order valence-electron chi connectivity index (χ0n) is 17.5. The highest BCUT2D eigenvalue weighted by Gasteiger charge is 2.14. The predicted molar refractivity (Wildman–Crippen MR) is 123 cm³/mol. The predicted octanol–water partition coefficient (Wildman–Crippen LogP) is 4.33. The van der Waals surface area contributed by atoms with Gasteiger partial charge in [-0.1, -0.05) is 19.1 Å². The zero-order valence-corrected chi connectivity index (χ0v) is 18.3. The van der Waals surface area contributed by atoms with Crippen molar-refractivity contribution in [2.24, 2.45) is 0 Å². The van der Waals surface area contributed by atoms with Crippen LogP contribution in [0.15, 0.2) is 52.2 Å². The fourth-order valence-electron chi connectivity index (χ4n) is 3.30. The van der Waals surface area contributed by atoms with Crippen LogP contribution in [0.1, 0.15) is 31.7 Å². The smallest absolute Gasteiger partial charge is 0.316 e. The molecule has 0 saturated heterocycles. The monoisotopic (exact) mass is 425 g/mol. The van der Waals surface area contributed by atoms with Crippen LogP contribution in [0.25, 0.3) is 10.9 Å². The summed E-state index contributed by atoms with van der Waals surface area (Å²) < 4.78 is 1.77. The maximum atomic E-state index is 13.0.